The second kappa shape index (κ2) is 55.2. The number of rotatable bonds is 0. The standard InChI is InChI=1S/CF.2Al.Mg.Mn/c1-2;;;;. The maximum Gasteiger partial charge on any atom is 0.232 e. The van der Waals surface area contributed by atoms with Gasteiger partial charge in [0.1, 0.15) is 0 Å². The Balaban J connectivity index is -0.000000000833. The quantitative estimate of drug-likeness (QED) is 0.418. The van der Waals surface area contributed by atoms with Gasteiger partial charge in [-0.2, -0.15) is 0 Å². The van der Waals surface area contributed by atoms with Crippen molar-refractivity contribution in [3.63, 3.8) is 0 Å². The van der Waals surface area contributed by atoms with Crippen LogP contribution in [-0.4, -0.2) is 57.8 Å². The molecule has 12 radical (unpaired) electrons. The molecule has 0 saturated carbocycles. The minimum Gasteiger partial charge on any atom is -0.232 e. The maximum absolute atomic E-state index is 8.75. The molecule has 0 aromatic carbocycles. The molecule has 0 aliphatic carbocycles. The summed E-state index contributed by atoms with van der Waals surface area (Å²) in [6.07, 6.45) is 0. The Labute approximate surface area is 85.5 Å². The van der Waals surface area contributed by atoms with E-state index in [1.807, 2.05) is 0 Å². The van der Waals surface area contributed by atoms with Gasteiger partial charge in [-0.3, -0.25) is 0 Å². The molecule has 0 spiro atoms. The van der Waals surface area contributed by atoms with E-state index in [9.17, 15) is 0 Å². The minimum absolute atomic E-state index is 0. The van der Waals surface area contributed by atoms with Crippen LogP contribution >= 0.6 is 0 Å². The normalized spacial score (nSPS) is 1.00. The summed E-state index contributed by atoms with van der Waals surface area (Å²) in [5, 5.41) is 0. The van der Waals surface area contributed by atoms with E-state index in [1.165, 1.54) is 0 Å². The van der Waals surface area contributed by atoms with E-state index in [1.54, 1.807) is 0 Å². The zero-order valence-corrected chi connectivity index (χ0v) is 8.02. The van der Waals surface area contributed by atoms with Gasteiger partial charge in [0, 0.05) is 74.8 Å². The zero-order chi connectivity index (χ0) is 2.00. The van der Waals surface area contributed by atoms with Gasteiger partial charge in [-0.15, -0.1) is 0 Å². The number of hydrogen-bond donors (Lipinski definition) is 0. The first-order chi connectivity index (χ1) is 1.00. The fourth-order valence-electron chi connectivity index (χ4n) is 0. The molecule has 0 fully saturated rings. The van der Waals surface area contributed by atoms with Gasteiger partial charge in [-0.1, -0.05) is 0 Å². The summed E-state index contributed by atoms with van der Waals surface area (Å²) in [5.41, 5.74) is 0. The Morgan fingerprint density at radius 3 is 1.00 bits per heavy atom. The number of hydrogen-bond acceptors (Lipinski definition) is 0. The van der Waals surface area contributed by atoms with Crippen molar-refractivity contribution in [1.82, 2.24) is 0 Å². The smallest absolute Gasteiger partial charge is 0.232 e. The first-order valence-corrected chi connectivity index (χ1v) is 0.189. The first kappa shape index (κ1) is 40.8. The first-order valence-electron chi connectivity index (χ1n) is 0.189. The maximum atomic E-state index is 8.75. The van der Waals surface area contributed by atoms with E-state index in [-0.39, 0.29) is 74.8 Å². The van der Waals surface area contributed by atoms with Crippen molar-refractivity contribution in [2.45, 2.75) is 0 Å². The Morgan fingerprint density at radius 2 is 1.00 bits per heavy atom. The Hall–Kier alpha value is 2.28. The molecule has 0 rings (SSSR count). The van der Waals surface area contributed by atoms with Crippen molar-refractivity contribution >= 4 is 57.8 Å². The molecule has 26 valence electrons. The molecular weight excluding hydrogens is 164 g/mol. The van der Waals surface area contributed by atoms with Gasteiger partial charge in [0.05, 0.1) is 0 Å². The molecule has 0 aromatic heterocycles. The van der Waals surface area contributed by atoms with Crippen molar-refractivity contribution in [2.24, 2.45) is 0 Å². The van der Waals surface area contributed by atoms with Crippen molar-refractivity contribution in [3.8, 4) is 0 Å². The number of halogens is 1. The van der Waals surface area contributed by atoms with Gasteiger partial charge in [0.2, 0.25) is 7.18 Å². The summed E-state index contributed by atoms with van der Waals surface area (Å²) < 4.78 is 8.75. The van der Waals surface area contributed by atoms with E-state index >= 15 is 0 Å². The van der Waals surface area contributed by atoms with Crippen molar-refractivity contribution in [3.05, 3.63) is 7.18 Å². The van der Waals surface area contributed by atoms with Crippen molar-refractivity contribution in [1.29, 1.82) is 0 Å². The monoisotopic (exact) mass is 164 g/mol. The summed E-state index contributed by atoms with van der Waals surface area (Å²) >= 11 is 0. The summed E-state index contributed by atoms with van der Waals surface area (Å²) in [6, 6.07) is 0. The summed E-state index contributed by atoms with van der Waals surface area (Å²) in [4.78, 5) is 0. The summed E-state index contributed by atoms with van der Waals surface area (Å²) in [7, 11) is 4.25. The van der Waals surface area contributed by atoms with Gasteiger partial charge >= 0.3 is 0 Å². The topological polar surface area (TPSA) is 0 Å². The van der Waals surface area contributed by atoms with Crippen LogP contribution in [0.5, 0.6) is 0 Å². The predicted octanol–water partition coefficient (Wildman–Crippen LogP) is -0.643. The van der Waals surface area contributed by atoms with E-state index in [0.29, 0.717) is 0 Å². The van der Waals surface area contributed by atoms with Crippen molar-refractivity contribution < 1.29 is 21.5 Å². The third-order valence-corrected chi connectivity index (χ3v) is 0. The Kier molecular flexibility index (Phi) is 375. The van der Waals surface area contributed by atoms with Crippen LogP contribution in [0, 0.1) is 7.18 Å². The molecule has 0 nitrogen and oxygen atoms in total. The average Bonchev–Trinajstić information content (AvgIpc) is 1.00. The van der Waals surface area contributed by atoms with Gasteiger partial charge in [-0.05, 0) is 0 Å². The third-order valence-electron chi connectivity index (χ3n) is 0. The molecule has 0 heterocycles. The molecule has 0 amide bonds. The minimum atomic E-state index is 0. The van der Waals surface area contributed by atoms with Crippen LogP contribution in [0.4, 0.5) is 4.39 Å². The Bertz CT molecular complexity index is 13.5. The zero-order valence-electron chi connectivity index (χ0n) is 3.12. The molecule has 5 heteroatoms. The molecule has 0 N–H and O–H groups in total. The van der Waals surface area contributed by atoms with E-state index in [0.717, 1.165) is 0 Å². The molecule has 0 aliphatic heterocycles. The van der Waals surface area contributed by atoms with Crippen LogP contribution in [0.1, 0.15) is 0 Å². The molecule has 0 aromatic rings. The predicted molar refractivity (Wildman–Crippen MR) is 21.6 cm³/mol. The van der Waals surface area contributed by atoms with E-state index < -0.39 is 0 Å². The molecule has 0 atom stereocenters. The SMILES string of the molecule is [Al].[Al].[C]F.[Mg].[Mn]. The third kappa shape index (κ3) is 33.7. The fourth-order valence-corrected chi connectivity index (χ4v) is 0. The van der Waals surface area contributed by atoms with Gasteiger partial charge < -0.3 is 0 Å². The van der Waals surface area contributed by atoms with Gasteiger partial charge in [-0.25, -0.2) is 4.39 Å². The molecule has 0 saturated heterocycles. The second-order valence-electron chi connectivity index (χ2n) is 0. The van der Waals surface area contributed by atoms with Gasteiger partial charge in [0.15, 0.2) is 0 Å². The van der Waals surface area contributed by atoms with Crippen LogP contribution in [0.2, 0.25) is 0 Å². The summed E-state index contributed by atoms with van der Waals surface area (Å²) in [5.74, 6) is 0. The van der Waals surface area contributed by atoms with E-state index in [2.05, 4.69) is 7.18 Å². The molecule has 0 unspecified atom stereocenters. The largest absolute Gasteiger partial charge is 0.232 e. The average molecular weight is 164 g/mol. The molecule has 0 aliphatic rings. The van der Waals surface area contributed by atoms with E-state index in [4.69, 9.17) is 4.39 Å². The van der Waals surface area contributed by atoms with Crippen LogP contribution in [-0.2, 0) is 17.1 Å². The fraction of sp³-hybridized carbons (Fsp3) is 0. The molecule has 0 bridgehead atoms. The van der Waals surface area contributed by atoms with Gasteiger partial charge in [0.25, 0.3) is 0 Å². The summed E-state index contributed by atoms with van der Waals surface area (Å²) in [6.45, 7) is 0. The van der Waals surface area contributed by atoms with Crippen LogP contribution < -0.4 is 0 Å². The second-order valence-corrected chi connectivity index (χ2v) is 0. The molecular formula is CAl2FMgMn. The van der Waals surface area contributed by atoms with Crippen LogP contribution in [0.3, 0.4) is 0 Å². The molecule has 6 heavy (non-hydrogen) atoms. The van der Waals surface area contributed by atoms with Crippen LogP contribution in [0.25, 0.3) is 0 Å². The van der Waals surface area contributed by atoms with Crippen LogP contribution in [0.15, 0.2) is 0 Å². The van der Waals surface area contributed by atoms with Crippen molar-refractivity contribution in [2.75, 3.05) is 0 Å². The Morgan fingerprint density at radius 1 is 1.00 bits per heavy atom.